The molecule has 1 saturated heterocycles. The van der Waals surface area contributed by atoms with E-state index in [0.717, 1.165) is 34.3 Å². The van der Waals surface area contributed by atoms with Gasteiger partial charge in [0, 0.05) is 6.54 Å². The molecule has 1 atom stereocenters. The van der Waals surface area contributed by atoms with Crippen LogP contribution in [-0.4, -0.2) is 55.8 Å². The highest BCUT2D eigenvalue weighted by Crippen LogP contribution is 2.32. The van der Waals surface area contributed by atoms with E-state index in [-0.39, 0.29) is 11.9 Å². The second kappa shape index (κ2) is 9.35. The van der Waals surface area contributed by atoms with Gasteiger partial charge in [-0.3, -0.25) is 4.79 Å². The lowest BCUT2D eigenvalue weighted by molar-refractivity contribution is -0.131. The number of oxazole rings is 1. The van der Waals surface area contributed by atoms with Crippen LogP contribution in [0.1, 0.15) is 18.4 Å². The smallest absolute Gasteiger partial charge is 0.248 e. The van der Waals surface area contributed by atoms with Gasteiger partial charge in [-0.1, -0.05) is 59.5 Å². The maximum absolute atomic E-state index is 12.9. The second-order valence-corrected chi connectivity index (χ2v) is 10.4. The molecule has 0 aliphatic carbocycles. The highest BCUT2D eigenvalue weighted by Gasteiger charge is 2.29. The summed E-state index contributed by atoms with van der Waals surface area (Å²) in [7, 11) is 0. The van der Waals surface area contributed by atoms with E-state index in [2.05, 4.69) is 15.1 Å². The molecule has 10 heteroatoms. The minimum atomic E-state index is 0.0458. The van der Waals surface area contributed by atoms with Crippen molar-refractivity contribution in [1.29, 1.82) is 0 Å². The van der Waals surface area contributed by atoms with Crippen molar-refractivity contribution < 1.29 is 13.9 Å². The normalized spacial score (nSPS) is 15.9. The first-order chi connectivity index (χ1) is 17.2. The molecule has 0 bridgehead atoms. The highest BCUT2D eigenvalue weighted by atomic mass is 32.2. The monoisotopic (exact) mass is 505 g/mol. The lowest BCUT2D eigenvalue weighted by atomic mass is 10.1. The van der Waals surface area contributed by atoms with E-state index < -0.39 is 0 Å². The Labute approximate surface area is 209 Å². The molecule has 1 amide bonds. The Kier molecular flexibility index (Phi) is 5.91. The van der Waals surface area contributed by atoms with Gasteiger partial charge in [-0.2, -0.15) is 0 Å². The van der Waals surface area contributed by atoms with Gasteiger partial charge in [0.05, 0.1) is 18.7 Å². The summed E-state index contributed by atoms with van der Waals surface area (Å²) in [5, 5.41) is 4.48. The summed E-state index contributed by atoms with van der Waals surface area (Å²) in [5.74, 6) is 1.21. The molecule has 178 valence electrons. The lowest BCUT2D eigenvalue weighted by Crippen LogP contribution is -2.39. The first-order valence-electron chi connectivity index (χ1n) is 11.4. The van der Waals surface area contributed by atoms with Gasteiger partial charge in [0.1, 0.15) is 18.1 Å². The number of aromatic nitrogens is 4. The third-order valence-corrected chi connectivity index (χ3v) is 8.03. The van der Waals surface area contributed by atoms with Crippen LogP contribution in [0.4, 0.5) is 0 Å². The van der Waals surface area contributed by atoms with Crippen molar-refractivity contribution in [1.82, 2.24) is 24.5 Å². The SMILES string of the molecule is CSc1nn2cc(-c3nc4c(OCC5CCCN5C(=O)Cc5ccccc5)cccc4o3)nc2s1. The van der Waals surface area contributed by atoms with Gasteiger partial charge in [0.25, 0.3) is 0 Å². The number of ether oxygens (including phenoxy) is 1. The summed E-state index contributed by atoms with van der Waals surface area (Å²) in [6.45, 7) is 1.19. The number of para-hydroxylation sites is 1. The molecule has 1 aliphatic heterocycles. The maximum atomic E-state index is 12.9. The van der Waals surface area contributed by atoms with Gasteiger partial charge in [-0.05, 0) is 36.8 Å². The van der Waals surface area contributed by atoms with E-state index in [1.54, 1.807) is 16.3 Å². The van der Waals surface area contributed by atoms with Gasteiger partial charge in [-0.25, -0.2) is 14.5 Å². The molecule has 0 N–H and O–H groups in total. The van der Waals surface area contributed by atoms with Crippen LogP contribution in [0, 0.1) is 0 Å². The number of amides is 1. The Balaban J connectivity index is 1.18. The predicted molar refractivity (Wildman–Crippen MR) is 136 cm³/mol. The molecule has 0 radical (unpaired) electrons. The number of hydrogen-bond donors (Lipinski definition) is 0. The molecule has 1 aliphatic rings. The van der Waals surface area contributed by atoms with E-state index in [1.165, 1.54) is 11.3 Å². The molecular weight excluding hydrogens is 482 g/mol. The van der Waals surface area contributed by atoms with Crippen LogP contribution in [0.5, 0.6) is 5.75 Å². The van der Waals surface area contributed by atoms with Gasteiger partial charge in [0.15, 0.2) is 15.4 Å². The fraction of sp³-hybridized carbons (Fsp3) is 0.280. The molecule has 3 aromatic heterocycles. The third kappa shape index (κ3) is 4.39. The molecule has 1 unspecified atom stereocenters. The topological polar surface area (TPSA) is 85.8 Å². The molecule has 2 aromatic carbocycles. The van der Waals surface area contributed by atoms with Crippen LogP contribution in [0.2, 0.25) is 0 Å². The summed E-state index contributed by atoms with van der Waals surface area (Å²) < 4.78 is 14.9. The van der Waals surface area contributed by atoms with Crippen LogP contribution in [0.15, 0.2) is 63.5 Å². The van der Waals surface area contributed by atoms with Crippen molar-refractivity contribution in [2.24, 2.45) is 0 Å². The van der Waals surface area contributed by atoms with Crippen LogP contribution < -0.4 is 4.74 Å². The molecule has 5 aromatic rings. The Morgan fingerprint density at radius 2 is 2.09 bits per heavy atom. The summed E-state index contributed by atoms with van der Waals surface area (Å²) in [6.07, 6.45) is 6.14. The van der Waals surface area contributed by atoms with Crippen LogP contribution in [0.25, 0.3) is 27.6 Å². The molecule has 8 nitrogen and oxygen atoms in total. The average Bonchev–Trinajstić information content (AvgIpc) is 3.65. The Morgan fingerprint density at radius 1 is 1.20 bits per heavy atom. The second-order valence-electron chi connectivity index (χ2n) is 8.40. The number of carbonyl (C=O) groups excluding carboxylic acids is 1. The van der Waals surface area contributed by atoms with Gasteiger partial charge in [0.2, 0.25) is 16.8 Å². The summed E-state index contributed by atoms with van der Waals surface area (Å²) in [4.78, 5) is 25.0. The minimum Gasteiger partial charge on any atom is -0.489 e. The van der Waals surface area contributed by atoms with E-state index in [0.29, 0.717) is 41.5 Å². The van der Waals surface area contributed by atoms with Crippen molar-refractivity contribution in [2.45, 2.75) is 29.6 Å². The van der Waals surface area contributed by atoms with Gasteiger partial charge < -0.3 is 14.1 Å². The highest BCUT2D eigenvalue weighted by molar-refractivity contribution is 8.00. The van der Waals surface area contributed by atoms with Crippen LogP contribution >= 0.6 is 23.1 Å². The molecule has 6 rings (SSSR count). The number of imidazole rings is 1. The van der Waals surface area contributed by atoms with E-state index in [1.807, 2.05) is 65.9 Å². The van der Waals surface area contributed by atoms with E-state index in [9.17, 15) is 4.79 Å². The Morgan fingerprint density at radius 3 is 2.91 bits per heavy atom. The zero-order valence-electron chi connectivity index (χ0n) is 19.1. The molecule has 4 heterocycles. The number of fused-ring (bicyclic) bond motifs is 2. The Bertz CT molecular complexity index is 1460. The van der Waals surface area contributed by atoms with Crippen molar-refractivity contribution in [2.75, 3.05) is 19.4 Å². The van der Waals surface area contributed by atoms with Crippen molar-refractivity contribution in [3.05, 3.63) is 60.3 Å². The summed E-state index contributed by atoms with van der Waals surface area (Å²) in [5.41, 5.74) is 2.95. The van der Waals surface area contributed by atoms with Crippen LogP contribution in [-0.2, 0) is 11.2 Å². The van der Waals surface area contributed by atoms with Crippen molar-refractivity contribution in [3.63, 3.8) is 0 Å². The van der Waals surface area contributed by atoms with Gasteiger partial charge in [-0.15, -0.1) is 5.10 Å². The van der Waals surface area contributed by atoms with E-state index >= 15 is 0 Å². The number of carbonyl (C=O) groups is 1. The standard InChI is InChI=1S/C25H23N5O3S2/c1-34-25-28-30-14-18(26-24(30)35-25)23-27-22-19(10-5-11-20(22)33-23)32-15-17-9-6-12-29(17)21(31)13-16-7-3-2-4-8-16/h2-5,7-8,10-11,14,17H,6,9,12-13,15H2,1H3. The fourth-order valence-corrected chi connectivity index (χ4v) is 5.75. The fourth-order valence-electron chi connectivity index (χ4n) is 4.41. The first kappa shape index (κ1) is 22.1. The van der Waals surface area contributed by atoms with Gasteiger partial charge >= 0.3 is 0 Å². The first-order valence-corrected chi connectivity index (χ1v) is 13.5. The molecular formula is C25H23N5O3S2. The van der Waals surface area contributed by atoms with Crippen LogP contribution in [0.3, 0.4) is 0 Å². The predicted octanol–water partition coefficient (Wildman–Crippen LogP) is 4.93. The zero-order chi connectivity index (χ0) is 23.8. The quantitative estimate of drug-likeness (QED) is 0.290. The third-order valence-electron chi connectivity index (χ3n) is 6.13. The molecule has 0 saturated carbocycles. The molecule has 1 fully saturated rings. The lowest BCUT2D eigenvalue weighted by Gasteiger charge is -2.25. The van der Waals surface area contributed by atoms with Crippen molar-refractivity contribution >= 4 is 45.1 Å². The number of hydrogen-bond acceptors (Lipinski definition) is 8. The number of rotatable bonds is 7. The van der Waals surface area contributed by atoms with Crippen molar-refractivity contribution in [3.8, 4) is 17.3 Å². The number of nitrogens with zero attached hydrogens (tertiary/aromatic N) is 5. The Hall–Kier alpha value is -3.37. The minimum absolute atomic E-state index is 0.0458. The summed E-state index contributed by atoms with van der Waals surface area (Å²) in [6, 6.07) is 15.6. The maximum Gasteiger partial charge on any atom is 0.248 e. The number of likely N-dealkylation sites (tertiary alicyclic amines) is 1. The molecule has 0 spiro atoms. The largest absolute Gasteiger partial charge is 0.489 e. The number of thioether (sulfide) groups is 1. The van der Waals surface area contributed by atoms with E-state index in [4.69, 9.17) is 9.15 Å². The average molecular weight is 506 g/mol. The summed E-state index contributed by atoms with van der Waals surface area (Å²) >= 11 is 3.12. The molecule has 35 heavy (non-hydrogen) atoms. The number of benzene rings is 2. The zero-order valence-corrected chi connectivity index (χ0v) is 20.7.